The zero-order valence-electron chi connectivity index (χ0n) is 12.2. The molecule has 2 nitrogen and oxygen atoms in total. The largest absolute Gasteiger partial charge is 0.307 e. The molecular weight excluding hydrogens is 232 g/mol. The molecule has 0 aliphatic heterocycles. The van der Waals surface area contributed by atoms with Gasteiger partial charge in [0.25, 0.3) is 0 Å². The third-order valence-corrected chi connectivity index (χ3v) is 3.24. The summed E-state index contributed by atoms with van der Waals surface area (Å²) in [6.07, 6.45) is 1.89. The Balaban J connectivity index is 2.44. The molecule has 0 aliphatic rings. The van der Waals surface area contributed by atoms with Gasteiger partial charge in [-0.3, -0.25) is 4.98 Å². The Labute approximate surface area is 115 Å². The molecule has 1 N–H and O–H groups in total. The van der Waals surface area contributed by atoms with Crippen LogP contribution in [0.4, 0.5) is 0 Å². The van der Waals surface area contributed by atoms with Crippen LogP contribution in [0.25, 0.3) is 0 Å². The van der Waals surface area contributed by atoms with Crippen molar-refractivity contribution >= 4 is 0 Å². The molecule has 0 bridgehead atoms. The highest BCUT2D eigenvalue weighted by molar-refractivity contribution is 5.37. The van der Waals surface area contributed by atoms with Crippen LogP contribution in [0.3, 0.4) is 0 Å². The van der Waals surface area contributed by atoms with Crippen molar-refractivity contribution in [3.8, 4) is 0 Å². The molecule has 0 saturated carbocycles. The minimum atomic E-state index is 0.241. The van der Waals surface area contributed by atoms with E-state index in [-0.39, 0.29) is 6.04 Å². The number of pyridine rings is 1. The lowest BCUT2D eigenvalue weighted by Gasteiger charge is -2.20. The number of aromatic nitrogens is 1. The molecule has 1 atom stereocenters. The highest BCUT2D eigenvalue weighted by atomic mass is 14.9. The predicted molar refractivity (Wildman–Crippen MR) is 80.4 cm³/mol. The molecule has 0 fully saturated rings. The summed E-state index contributed by atoms with van der Waals surface area (Å²) in [5, 5.41) is 3.57. The van der Waals surface area contributed by atoms with Gasteiger partial charge in [-0.2, -0.15) is 0 Å². The van der Waals surface area contributed by atoms with Crippen LogP contribution >= 0.6 is 0 Å². The van der Waals surface area contributed by atoms with E-state index < -0.39 is 0 Å². The van der Waals surface area contributed by atoms with Gasteiger partial charge in [-0.25, -0.2) is 0 Å². The van der Waals surface area contributed by atoms with Gasteiger partial charge in [0, 0.05) is 11.9 Å². The molecule has 2 aromatic rings. The van der Waals surface area contributed by atoms with E-state index in [1.165, 1.54) is 22.3 Å². The summed E-state index contributed by atoms with van der Waals surface area (Å²) in [4.78, 5) is 4.28. The van der Waals surface area contributed by atoms with E-state index in [1.54, 1.807) is 0 Å². The highest BCUT2D eigenvalue weighted by Crippen LogP contribution is 2.24. The molecule has 1 aromatic heterocycles. The summed E-state index contributed by atoms with van der Waals surface area (Å²) in [7, 11) is 0. The standard InChI is InChI=1S/C17H22N2/c1-5-18-17(15-6-7-19-14(4)11-15)16-9-12(2)8-13(3)10-16/h6-11,17-18H,5H2,1-4H3. The predicted octanol–water partition coefficient (Wildman–Crippen LogP) is 3.71. The number of nitrogens with zero attached hydrogens (tertiary/aromatic N) is 1. The Bertz CT molecular complexity index is 541. The molecule has 0 saturated heterocycles. The Hall–Kier alpha value is -1.67. The van der Waals surface area contributed by atoms with Crippen LogP contribution < -0.4 is 5.32 Å². The summed E-state index contributed by atoms with van der Waals surface area (Å²) >= 11 is 0. The first-order valence-electron chi connectivity index (χ1n) is 6.84. The van der Waals surface area contributed by atoms with Crippen molar-refractivity contribution in [2.45, 2.75) is 33.7 Å². The second-order valence-electron chi connectivity index (χ2n) is 5.14. The zero-order valence-corrected chi connectivity index (χ0v) is 12.2. The van der Waals surface area contributed by atoms with Gasteiger partial charge in [-0.05, 0) is 50.6 Å². The quantitative estimate of drug-likeness (QED) is 0.899. The average molecular weight is 254 g/mol. The number of benzene rings is 1. The van der Waals surface area contributed by atoms with Crippen molar-refractivity contribution in [2.24, 2.45) is 0 Å². The van der Waals surface area contributed by atoms with E-state index in [9.17, 15) is 0 Å². The summed E-state index contributed by atoms with van der Waals surface area (Å²) in [6, 6.07) is 11.2. The third-order valence-electron chi connectivity index (χ3n) is 3.24. The van der Waals surface area contributed by atoms with Gasteiger partial charge in [0.1, 0.15) is 0 Å². The van der Waals surface area contributed by atoms with Crippen molar-refractivity contribution in [1.29, 1.82) is 0 Å². The van der Waals surface area contributed by atoms with E-state index in [2.05, 4.69) is 61.4 Å². The smallest absolute Gasteiger partial charge is 0.0578 e. The lowest BCUT2D eigenvalue weighted by molar-refractivity contribution is 0.628. The first-order valence-corrected chi connectivity index (χ1v) is 6.84. The maximum Gasteiger partial charge on any atom is 0.0578 e. The normalized spacial score (nSPS) is 12.4. The number of hydrogen-bond donors (Lipinski definition) is 1. The highest BCUT2D eigenvalue weighted by Gasteiger charge is 2.13. The molecule has 100 valence electrons. The first-order chi connectivity index (χ1) is 9.10. The van der Waals surface area contributed by atoms with Gasteiger partial charge in [-0.1, -0.05) is 36.2 Å². The topological polar surface area (TPSA) is 24.9 Å². The monoisotopic (exact) mass is 254 g/mol. The molecule has 2 rings (SSSR count). The summed E-state index contributed by atoms with van der Waals surface area (Å²) in [6.45, 7) is 9.42. The van der Waals surface area contributed by atoms with E-state index in [0.717, 1.165) is 12.2 Å². The molecule has 1 aromatic carbocycles. The van der Waals surface area contributed by atoms with E-state index >= 15 is 0 Å². The third kappa shape index (κ3) is 3.42. The van der Waals surface area contributed by atoms with Crippen molar-refractivity contribution < 1.29 is 0 Å². The lowest BCUT2D eigenvalue weighted by atomic mass is 9.96. The van der Waals surface area contributed by atoms with Gasteiger partial charge in [0.05, 0.1) is 6.04 Å². The number of rotatable bonds is 4. The summed E-state index contributed by atoms with van der Waals surface area (Å²) in [5.41, 5.74) is 6.28. The van der Waals surface area contributed by atoms with Crippen LogP contribution in [-0.4, -0.2) is 11.5 Å². The zero-order chi connectivity index (χ0) is 13.8. The molecule has 2 heteroatoms. The average Bonchev–Trinajstić information content (AvgIpc) is 2.34. The van der Waals surface area contributed by atoms with Crippen LogP contribution in [-0.2, 0) is 0 Å². The second kappa shape index (κ2) is 5.98. The van der Waals surface area contributed by atoms with Crippen molar-refractivity contribution in [3.63, 3.8) is 0 Å². The fraction of sp³-hybridized carbons (Fsp3) is 0.353. The molecule has 0 aliphatic carbocycles. The van der Waals surface area contributed by atoms with Crippen molar-refractivity contribution in [3.05, 3.63) is 64.5 Å². The Kier molecular flexibility index (Phi) is 4.33. The van der Waals surface area contributed by atoms with Crippen LogP contribution in [0, 0.1) is 20.8 Å². The first kappa shape index (κ1) is 13.8. The summed E-state index contributed by atoms with van der Waals surface area (Å²) < 4.78 is 0. The summed E-state index contributed by atoms with van der Waals surface area (Å²) in [5.74, 6) is 0. The fourth-order valence-corrected chi connectivity index (χ4v) is 2.56. The SMILES string of the molecule is CCNC(c1cc(C)cc(C)c1)c1ccnc(C)c1. The number of nitrogens with one attached hydrogen (secondary N) is 1. The number of hydrogen-bond acceptors (Lipinski definition) is 2. The minimum absolute atomic E-state index is 0.241. The maximum absolute atomic E-state index is 4.28. The lowest BCUT2D eigenvalue weighted by Crippen LogP contribution is -2.22. The maximum atomic E-state index is 4.28. The van der Waals surface area contributed by atoms with Crippen LogP contribution in [0.1, 0.15) is 40.9 Å². The van der Waals surface area contributed by atoms with Crippen LogP contribution in [0.15, 0.2) is 36.5 Å². The molecule has 19 heavy (non-hydrogen) atoms. The fourth-order valence-electron chi connectivity index (χ4n) is 2.56. The van der Waals surface area contributed by atoms with E-state index in [0.29, 0.717) is 0 Å². The van der Waals surface area contributed by atoms with Gasteiger partial charge >= 0.3 is 0 Å². The van der Waals surface area contributed by atoms with Gasteiger partial charge in [-0.15, -0.1) is 0 Å². The number of aryl methyl sites for hydroxylation is 3. The molecule has 0 radical (unpaired) electrons. The van der Waals surface area contributed by atoms with E-state index in [1.807, 2.05) is 13.1 Å². The van der Waals surface area contributed by atoms with Crippen LogP contribution in [0.5, 0.6) is 0 Å². The van der Waals surface area contributed by atoms with Gasteiger partial charge in [0.2, 0.25) is 0 Å². The van der Waals surface area contributed by atoms with Crippen molar-refractivity contribution in [1.82, 2.24) is 10.3 Å². The van der Waals surface area contributed by atoms with Gasteiger partial charge < -0.3 is 5.32 Å². The minimum Gasteiger partial charge on any atom is -0.307 e. The van der Waals surface area contributed by atoms with Crippen LogP contribution in [0.2, 0.25) is 0 Å². The molecule has 1 unspecified atom stereocenters. The van der Waals surface area contributed by atoms with Gasteiger partial charge in [0.15, 0.2) is 0 Å². The Morgan fingerprint density at radius 3 is 2.26 bits per heavy atom. The Morgan fingerprint density at radius 2 is 1.68 bits per heavy atom. The molecule has 0 spiro atoms. The Morgan fingerprint density at radius 1 is 1.00 bits per heavy atom. The van der Waals surface area contributed by atoms with E-state index in [4.69, 9.17) is 0 Å². The second-order valence-corrected chi connectivity index (χ2v) is 5.14. The molecular formula is C17H22N2. The van der Waals surface area contributed by atoms with Crippen molar-refractivity contribution in [2.75, 3.05) is 6.54 Å². The molecule has 1 heterocycles. The molecule has 0 amide bonds.